The fourth-order valence-corrected chi connectivity index (χ4v) is 3.68. The Morgan fingerprint density at radius 2 is 1.78 bits per heavy atom. The van der Waals surface area contributed by atoms with E-state index in [-0.39, 0.29) is 30.0 Å². The van der Waals surface area contributed by atoms with Crippen molar-refractivity contribution in [2.45, 2.75) is 33.6 Å². The summed E-state index contributed by atoms with van der Waals surface area (Å²) in [7, 11) is 0. The number of benzene rings is 2. The van der Waals surface area contributed by atoms with Crippen molar-refractivity contribution in [3.63, 3.8) is 0 Å². The van der Waals surface area contributed by atoms with Gasteiger partial charge in [0.15, 0.2) is 0 Å². The number of hydrogen-bond acceptors (Lipinski definition) is 2. The lowest BCUT2D eigenvalue weighted by Crippen LogP contribution is -2.30. The molecule has 1 aliphatic rings. The van der Waals surface area contributed by atoms with E-state index in [1.54, 1.807) is 17.0 Å². The van der Waals surface area contributed by atoms with Gasteiger partial charge in [-0.2, -0.15) is 0 Å². The molecule has 3 rings (SSSR count). The smallest absolute Gasteiger partial charge is 0.229 e. The van der Waals surface area contributed by atoms with Gasteiger partial charge in [-0.3, -0.25) is 9.59 Å². The number of nitrogens with zero attached hydrogens (tertiary/aromatic N) is 1. The molecule has 1 N–H and O–H groups in total. The Morgan fingerprint density at radius 1 is 1.15 bits per heavy atom. The Labute approximate surface area is 159 Å². The van der Waals surface area contributed by atoms with Gasteiger partial charge in [0, 0.05) is 25.2 Å². The molecule has 5 heteroatoms. The molecule has 2 amide bonds. The second-order valence-electron chi connectivity index (χ2n) is 7.38. The molecule has 0 aromatic heterocycles. The highest BCUT2D eigenvalue weighted by atomic mass is 19.1. The van der Waals surface area contributed by atoms with Crippen LogP contribution in [0.5, 0.6) is 0 Å². The van der Waals surface area contributed by atoms with Gasteiger partial charge in [0.2, 0.25) is 11.8 Å². The predicted molar refractivity (Wildman–Crippen MR) is 104 cm³/mol. The minimum atomic E-state index is -0.342. The first kappa shape index (κ1) is 19.1. The molecule has 2 aromatic carbocycles. The topological polar surface area (TPSA) is 49.4 Å². The van der Waals surface area contributed by atoms with Gasteiger partial charge >= 0.3 is 0 Å². The lowest BCUT2D eigenvalue weighted by molar-refractivity contribution is -0.128. The van der Waals surface area contributed by atoms with Crippen molar-refractivity contribution in [2.75, 3.05) is 18.4 Å². The molecule has 4 nitrogen and oxygen atoms in total. The van der Waals surface area contributed by atoms with Gasteiger partial charge in [-0.25, -0.2) is 4.39 Å². The van der Waals surface area contributed by atoms with Crippen LogP contribution in [0.4, 0.5) is 10.1 Å². The van der Waals surface area contributed by atoms with E-state index in [0.717, 1.165) is 27.9 Å². The van der Waals surface area contributed by atoms with E-state index in [1.807, 2.05) is 32.9 Å². The highest BCUT2D eigenvalue weighted by Gasteiger charge is 2.34. The number of anilines is 1. The maximum absolute atomic E-state index is 13.0. The molecule has 0 radical (unpaired) electrons. The summed E-state index contributed by atoms with van der Waals surface area (Å²) in [6, 6.07) is 10.4. The first-order valence-electron chi connectivity index (χ1n) is 9.24. The molecular formula is C22H25FN2O2. The van der Waals surface area contributed by atoms with Crippen molar-refractivity contribution in [2.24, 2.45) is 5.92 Å². The SMILES string of the molecule is Cc1cc(C)c(NC(=O)[C@@H]2CC(=O)N(CCc3ccc(F)cc3)C2)c(C)c1. The molecule has 1 aliphatic heterocycles. The molecule has 0 aliphatic carbocycles. The van der Waals surface area contributed by atoms with Crippen LogP contribution in [0.2, 0.25) is 0 Å². The number of halogens is 1. The summed E-state index contributed by atoms with van der Waals surface area (Å²) in [6.07, 6.45) is 0.885. The molecule has 1 atom stereocenters. The van der Waals surface area contributed by atoms with Crippen LogP contribution in [-0.4, -0.2) is 29.8 Å². The molecule has 142 valence electrons. The van der Waals surface area contributed by atoms with Gasteiger partial charge in [-0.1, -0.05) is 29.8 Å². The summed E-state index contributed by atoms with van der Waals surface area (Å²) in [6.45, 7) is 6.95. The number of carbonyl (C=O) groups excluding carboxylic acids is 2. The number of likely N-dealkylation sites (tertiary alicyclic amines) is 1. The van der Waals surface area contributed by atoms with Gasteiger partial charge in [0.1, 0.15) is 5.82 Å². The Kier molecular flexibility index (Phi) is 5.59. The highest BCUT2D eigenvalue weighted by Crippen LogP contribution is 2.25. The van der Waals surface area contributed by atoms with Gasteiger partial charge in [0.25, 0.3) is 0 Å². The van der Waals surface area contributed by atoms with Crippen LogP contribution in [-0.2, 0) is 16.0 Å². The van der Waals surface area contributed by atoms with Crippen LogP contribution >= 0.6 is 0 Å². The summed E-state index contributed by atoms with van der Waals surface area (Å²) in [5.74, 6) is -0.724. The number of carbonyl (C=O) groups is 2. The highest BCUT2D eigenvalue weighted by molar-refractivity contribution is 5.98. The molecule has 0 unspecified atom stereocenters. The zero-order valence-corrected chi connectivity index (χ0v) is 16.0. The predicted octanol–water partition coefficient (Wildman–Crippen LogP) is 3.78. The third-order valence-corrected chi connectivity index (χ3v) is 5.09. The Morgan fingerprint density at radius 3 is 2.41 bits per heavy atom. The molecule has 1 heterocycles. The maximum Gasteiger partial charge on any atom is 0.229 e. The van der Waals surface area contributed by atoms with E-state index in [2.05, 4.69) is 5.32 Å². The first-order chi connectivity index (χ1) is 12.8. The molecule has 1 saturated heterocycles. The van der Waals surface area contributed by atoms with Crippen molar-refractivity contribution in [1.29, 1.82) is 0 Å². The van der Waals surface area contributed by atoms with Crippen LogP contribution in [0, 0.1) is 32.5 Å². The zero-order chi connectivity index (χ0) is 19.6. The van der Waals surface area contributed by atoms with Gasteiger partial charge in [-0.15, -0.1) is 0 Å². The first-order valence-corrected chi connectivity index (χ1v) is 9.24. The third kappa shape index (κ3) is 4.54. The Hall–Kier alpha value is -2.69. The van der Waals surface area contributed by atoms with Gasteiger partial charge in [0.05, 0.1) is 5.92 Å². The standard InChI is InChI=1S/C22H25FN2O2/c1-14-10-15(2)21(16(3)11-14)24-22(27)18-12-20(26)25(13-18)9-8-17-4-6-19(23)7-5-17/h4-7,10-11,18H,8-9,12-13H2,1-3H3,(H,24,27)/t18-/m1/s1. The van der Waals surface area contributed by atoms with E-state index < -0.39 is 0 Å². The molecular weight excluding hydrogens is 343 g/mol. The lowest BCUT2D eigenvalue weighted by Gasteiger charge is -2.18. The minimum absolute atomic E-state index is 0.00499. The van der Waals surface area contributed by atoms with Crippen molar-refractivity contribution in [3.05, 3.63) is 64.5 Å². The van der Waals surface area contributed by atoms with E-state index in [0.29, 0.717) is 19.5 Å². The molecule has 1 fully saturated rings. The molecule has 0 saturated carbocycles. The van der Waals surface area contributed by atoms with E-state index in [9.17, 15) is 14.0 Å². The number of rotatable bonds is 5. The van der Waals surface area contributed by atoms with Crippen molar-refractivity contribution in [3.8, 4) is 0 Å². The van der Waals surface area contributed by atoms with Crippen LogP contribution in [0.25, 0.3) is 0 Å². The third-order valence-electron chi connectivity index (χ3n) is 5.09. The number of amides is 2. The fourth-order valence-electron chi connectivity index (χ4n) is 3.68. The lowest BCUT2D eigenvalue weighted by atomic mass is 10.0. The van der Waals surface area contributed by atoms with Crippen molar-refractivity contribution >= 4 is 17.5 Å². The second kappa shape index (κ2) is 7.91. The molecule has 0 bridgehead atoms. The summed E-state index contributed by atoms with van der Waals surface area (Å²) in [4.78, 5) is 26.7. The number of aryl methyl sites for hydroxylation is 3. The molecule has 0 spiro atoms. The minimum Gasteiger partial charge on any atom is -0.342 e. The zero-order valence-electron chi connectivity index (χ0n) is 16.0. The summed E-state index contributed by atoms with van der Waals surface area (Å²) < 4.78 is 13.0. The van der Waals surface area contributed by atoms with E-state index in [1.165, 1.54) is 12.1 Å². The van der Waals surface area contributed by atoms with Crippen molar-refractivity contribution < 1.29 is 14.0 Å². The van der Waals surface area contributed by atoms with Crippen LogP contribution in [0.1, 0.15) is 28.7 Å². The quantitative estimate of drug-likeness (QED) is 0.873. The fraction of sp³-hybridized carbons (Fsp3) is 0.364. The van der Waals surface area contributed by atoms with Crippen molar-refractivity contribution in [1.82, 2.24) is 4.90 Å². The van der Waals surface area contributed by atoms with Gasteiger partial charge in [-0.05, 0) is 56.0 Å². The largest absolute Gasteiger partial charge is 0.342 e. The average Bonchev–Trinajstić information content (AvgIpc) is 2.98. The summed E-state index contributed by atoms with van der Waals surface area (Å²) in [5, 5.41) is 3.01. The second-order valence-corrected chi connectivity index (χ2v) is 7.38. The molecule has 27 heavy (non-hydrogen) atoms. The monoisotopic (exact) mass is 368 g/mol. The van der Waals surface area contributed by atoms with Crippen LogP contribution < -0.4 is 5.32 Å². The Bertz CT molecular complexity index is 838. The Balaban J connectivity index is 1.59. The van der Waals surface area contributed by atoms with Gasteiger partial charge < -0.3 is 10.2 Å². The van der Waals surface area contributed by atoms with E-state index in [4.69, 9.17) is 0 Å². The summed E-state index contributed by atoms with van der Waals surface area (Å²) >= 11 is 0. The number of nitrogens with one attached hydrogen (secondary N) is 1. The normalized spacial score (nSPS) is 16.7. The van der Waals surface area contributed by atoms with Crippen LogP contribution in [0.3, 0.4) is 0 Å². The average molecular weight is 368 g/mol. The maximum atomic E-state index is 13.0. The van der Waals surface area contributed by atoms with E-state index >= 15 is 0 Å². The van der Waals surface area contributed by atoms with Crippen LogP contribution in [0.15, 0.2) is 36.4 Å². The number of hydrogen-bond donors (Lipinski definition) is 1. The summed E-state index contributed by atoms with van der Waals surface area (Å²) in [5.41, 5.74) is 5.02. The molecule has 2 aromatic rings.